The Morgan fingerprint density at radius 2 is 2.37 bits per heavy atom. The highest BCUT2D eigenvalue weighted by atomic mass is 32.2. The lowest BCUT2D eigenvalue weighted by molar-refractivity contribution is 0.393. The normalized spacial score (nSPS) is 18.1. The summed E-state index contributed by atoms with van der Waals surface area (Å²) < 4.78 is 7.48. The van der Waals surface area contributed by atoms with Gasteiger partial charge in [-0.1, -0.05) is 30.0 Å². The smallest absolute Gasteiger partial charge is 0.535 e. The van der Waals surface area contributed by atoms with Crippen molar-refractivity contribution in [3.8, 4) is 5.75 Å². The van der Waals surface area contributed by atoms with E-state index in [-0.39, 0.29) is 5.15 Å². The third-order valence-corrected chi connectivity index (χ3v) is 4.48. The number of para-hydroxylation sites is 1. The molecule has 1 aromatic heterocycles. The Labute approximate surface area is 116 Å². The highest BCUT2D eigenvalue weighted by molar-refractivity contribution is 8.01. The largest absolute Gasteiger partial charge is 0.537 e. The SMILES string of the molecule is Cc1cccc2c1OB(O)[C@@H](Sc1nncn1C)C2. The van der Waals surface area contributed by atoms with E-state index < -0.39 is 7.12 Å². The van der Waals surface area contributed by atoms with Crippen molar-refractivity contribution in [2.75, 3.05) is 0 Å². The number of hydrogen-bond donors (Lipinski definition) is 1. The van der Waals surface area contributed by atoms with Gasteiger partial charge in [-0.25, -0.2) is 0 Å². The van der Waals surface area contributed by atoms with Crippen LogP contribution in [0.2, 0.25) is 0 Å². The maximum Gasteiger partial charge on any atom is 0.537 e. The summed E-state index contributed by atoms with van der Waals surface area (Å²) >= 11 is 1.49. The number of rotatable bonds is 2. The summed E-state index contributed by atoms with van der Waals surface area (Å²) in [6.07, 6.45) is 2.41. The van der Waals surface area contributed by atoms with Gasteiger partial charge in [0.05, 0.1) is 5.15 Å². The molecule has 0 saturated heterocycles. The fraction of sp³-hybridized carbons (Fsp3) is 0.333. The quantitative estimate of drug-likeness (QED) is 0.835. The number of benzene rings is 1. The van der Waals surface area contributed by atoms with Gasteiger partial charge in [-0.05, 0) is 24.5 Å². The molecule has 0 spiro atoms. The molecule has 3 rings (SSSR count). The van der Waals surface area contributed by atoms with Crippen molar-refractivity contribution in [2.45, 2.75) is 23.7 Å². The molecule has 0 bridgehead atoms. The van der Waals surface area contributed by atoms with Gasteiger partial charge in [0.2, 0.25) is 0 Å². The predicted octanol–water partition coefficient (Wildman–Crippen LogP) is 1.24. The summed E-state index contributed by atoms with van der Waals surface area (Å²) in [5.74, 6) is 0.810. The summed E-state index contributed by atoms with van der Waals surface area (Å²) in [6.45, 7) is 1.99. The van der Waals surface area contributed by atoms with E-state index in [0.29, 0.717) is 0 Å². The lowest BCUT2D eigenvalue weighted by Gasteiger charge is -2.27. The van der Waals surface area contributed by atoms with E-state index in [1.54, 1.807) is 6.33 Å². The number of nitrogens with zero attached hydrogens (tertiary/aromatic N) is 3. The van der Waals surface area contributed by atoms with Crippen LogP contribution < -0.4 is 4.65 Å². The van der Waals surface area contributed by atoms with E-state index in [1.165, 1.54) is 11.8 Å². The Morgan fingerprint density at radius 3 is 3.11 bits per heavy atom. The highest BCUT2D eigenvalue weighted by Gasteiger charge is 2.36. The zero-order chi connectivity index (χ0) is 13.4. The van der Waals surface area contributed by atoms with E-state index in [9.17, 15) is 5.02 Å². The molecular formula is C12H14BN3O2S. The van der Waals surface area contributed by atoms with Gasteiger partial charge in [-0.15, -0.1) is 10.2 Å². The minimum Gasteiger partial charge on any atom is -0.535 e. The number of aromatic nitrogens is 3. The van der Waals surface area contributed by atoms with Crippen molar-refractivity contribution in [3.05, 3.63) is 35.7 Å². The van der Waals surface area contributed by atoms with Gasteiger partial charge in [0.25, 0.3) is 0 Å². The summed E-state index contributed by atoms with van der Waals surface area (Å²) in [4.78, 5) is 0. The monoisotopic (exact) mass is 275 g/mol. The average Bonchev–Trinajstić information content (AvgIpc) is 2.77. The van der Waals surface area contributed by atoms with Crippen LogP contribution in [0.15, 0.2) is 29.7 Å². The van der Waals surface area contributed by atoms with E-state index in [0.717, 1.165) is 28.5 Å². The van der Waals surface area contributed by atoms with Gasteiger partial charge in [-0.2, -0.15) is 0 Å². The van der Waals surface area contributed by atoms with Gasteiger partial charge >= 0.3 is 7.12 Å². The van der Waals surface area contributed by atoms with Crippen LogP contribution in [0.1, 0.15) is 11.1 Å². The summed E-state index contributed by atoms with van der Waals surface area (Å²) in [6, 6.07) is 6.04. The molecule has 7 heteroatoms. The summed E-state index contributed by atoms with van der Waals surface area (Å²) in [5.41, 5.74) is 2.18. The van der Waals surface area contributed by atoms with Gasteiger partial charge in [0.1, 0.15) is 12.1 Å². The van der Waals surface area contributed by atoms with Crippen LogP contribution in [0.3, 0.4) is 0 Å². The first-order valence-electron chi connectivity index (χ1n) is 6.09. The van der Waals surface area contributed by atoms with Crippen LogP contribution in [0.25, 0.3) is 0 Å². The summed E-state index contributed by atoms with van der Waals surface area (Å²) in [7, 11) is 1.06. The zero-order valence-electron chi connectivity index (χ0n) is 10.8. The third-order valence-electron chi connectivity index (χ3n) is 3.20. The second-order valence-electron chi connectivity index (χ2n) is 4.66. The highest BCUT2D eigenvalue weighted by Crippen LogP contribution is 2.35. The second kappa shape index (κ2) is 4.90. The molecule has 98 valence electrons. The van der Waals surface area contributed by atoms with Crippen LogP contribution in [-0.4, -0.2) is 32.1 Å². The molecule has 1 aromatic carbocycles. The predicted molar refractivity (Wildman–Crippen MR) is 74.1 cm³/mol. The van der Waals surface area contributed by atoms with Crippen molar-refractivity contribution in [1.29, 1.82) is 0 Å². The maximum atomic E-state index is 10.1. The Hall–Kier alpha value is -1.47. The van der Waals surface area contributed by atoms with E-state index in [4.69, 9.17) is 4.65 Å². The van der Waals surface area contributed by atoms with E-state index in [1.807, 2.05) is 36.7 Å². The molecule has 0 unspecified atom stereocenters. The molecule has 5 nitrogen and oxygen atoms in total. The molecule has 0 amide bonds. The van der Waals surface area contributed by atoms with Crippen LogP contribution in [0, 0.1) is 6.92 Å². The van der Waals surface area contributed by atoms with Gasteiger partial charge in [-0.3, -0.25) is 0 Å². The van der Waals surface area contributed by atoms with Crippen molar-refractivity contribution in [3.63, 3.8) is 0 Å². The molecule has 1 aliphatic heterocycles. The molecule has 19 heavy (non-hydrogen) atoms. The first-order valence-corrected chi connectivity index (χ1v) is 6.97. The molecule has 0 saturated carbocycles. The molecule has 1 aliphatic rings. The van der Waals surface area contributed by atoms with Crippen LogP contribution in [-0.2, 0) is 13.5 Å². The molecule has 1 N–H and O–H groups in total. The Balaban J connectivity index is 1.84. The minimum absolute atomic E-state index is 0.0720. The van der Waals surface area contributed by atoms with Crippen molar-refractivity contribution >= 4 is 18.9 Å². The lowest BCUT2D eigenvalue weighted by Crippen LogP contribution is -2.40. The molecule has 0 radical (unpaired) electrons. The molecule has 2 heterocycles. The standard InChI is InChI=1S/C12H14BN3O2S/c1-8-4-3-5-9-6-10(13(17)18-11(8)9)19-12-15-14-7-16(12)2/h3-5,7,10,17H,6H2,1-2H3/t10-/m0/s1. The van der Waals surface area contributed by atoms with Gasteiger partial charge < -0.3 is 14.2 Å². The summed E-state index contributed by atoms with van der Waals surface area (Å²) in [5, 5.41) is 18.7. The third kappa shape index (κ3) is 2.35. The number of fused-ring (bicyclic) bond motifs is 1. The Kier molecular flexibility index (Phi) is 3.24. The number of thioether (sulfide) groups is 1. The molecule has 1 atom stereocenters. The van der Waals surface area contributed by atoms with Crippen LogP contribution in [0.5, 0.6) is 5.75 Å². The molecule has 2 aromatic rings. The second-order valence-corrected chi connectivity index (χ2v) is 5.86. The van der Waals surface area contributed by atoms with Gasteiger partial charge in [0, 0.05) is 7.05 Å². The molecule has 0 aliphatic carbocycles. The fourth-order valence-electron chi connectivity index (χ4n) is 2.17. The average molecular weight is 275 g/mol. The maximum absolute atomic E-state index is 10.1. The van der Waals surface area contributed by atoms with Crippen molar-refractivity contribution in [2.24, 2.45) is 7.05 Å². The Morgan fingerprint density at radius 1 is 1.53 bits per heavy atom. The van der Waals surface area contributed by atoms with Crippen LogP contribution in [0.4, 0.5) is 0 Å². The Bertz CT molecular complexity index is 604. The van der Waals surface area contributed by atoms with Gasteiger partial charge in [0.15, 0.2) is 5.16 Å². The van der Waals surface area contributed by atoms with E-state index in [2.05, 4.69) is 10.2 Å². The number of aryl methyl sites for hydroxylation is 2. The molecule has 0 fully saturated rings. The topological polar surface area (TPSA) is 60.2 Å². The van der Waals surface area contributed by atoms with Crippen molar-refractivity contribution < 1.29 is 9.68 Å². The lowest BCUT2D eigenvalue weighted by atomic mass is 9.77. The fourth-order valence-corrected chi connectivity index (χ4v) is 3.18. The van der Waals surface area contributed by atoms with E-state index >= 15 is 0 Å². The number of hydrogen-bond acceptors (Lipinski definition) is 5. The zero-order valence-corrected chi connectivity index (χ0v) is 11.6. The first-order chi connectivity index (χ1) is 9.15. The van der Waals surface area contributed by atoms with Crippen molar-refractivity contribution in [1.82, 2.24) is 14.8 Å². The minimum atomic E-state index is -0.824. The first kappa shape index (κ1) is 12.6. The van der Waals surface area contributed by atoms with Crippen LogP contribution >= 0.6 is 11.8 Å². The molecular weight excluding hydrogens is 261 g/mol.